The number of aliphatic hydroxyl groups excluding tert-OH is 1. The molecule has 1 fully saturated rings. The summed E-state index contributed by atoms with van der Waals surface area (Å²) in [6.45, 7) is 2.23. The van der Waals surface area contributed by atoms with E-state index in [1.165, 1.54) is 0 Å². The van der Waals surface area contributed by atoms with Crippen molar-refractivity contribution in [2.45, 2.75) is 44.2 Å². The highest BCUT2D eigenvalue weighted by molar-refractivity contribution is 5.79. The monoisotopic (exact) mass is 466 g/mol. The quantitative estimate of drug-likeness (QED) is 0.578. The van der Waals surface area contributed by atoms with Gasteiger partial charge in [0.15, 0.2) is 0 Å². The number of hydrogen-bond donors (Lipinski definition) is 3. The van der Waals surface area contributed by atoms with Crippen molar-refractivity contribution in [3.05, 3.63) is 59.7 Å². The van der Waals surface area contributed by atoms with Crippen molar-refractivity contribution < 1.29 is 29.3 Å². The molecule has 2 amide bonds. The number of nitrogens with zero attached hydrogens (tertiary/aromatic N) is 1. The molecule has 0 saturated carbocycles. The molecule has 2 aromatic rings. The molecule has 1 aliphatic carbocycles. The lowest BCUT2D eigenvalue weighted by molar-refractivity contribution is -0.148. The van der Waals surface area contributed by atoms with Crippen LogP contribution in [0.15, 0.2) is 48.5 Å². The van der Waals surface area contributed by atoms with Crippen LogP contribution in [0.3, 0.4) is 0 Å². The van der Waals surface area contributed by atoms with Crippen LogP contribution >= 0.6 is 0 Å². The first kappa shape index (κ1) is 23.8. The molecule has 3 N–H and O–H groups in total. The lowest BCUT2D eigenvalue weighted by Gasteiger charge is -2.36. The minimum Gasteiger partial charge on any atom is -0.481 e. The summed E-state index contributed by atoms with van der Waals surface area (Å²) in [4.78, 5) is 37.6. The summed E-state index contributed by atoms with van der Waals surface area (Å²) in [5.41, 5.74) is 4.51. The molecule has 34 heavy (non-hydrogen) atoms. The number of aliphatic hydroxyl groups is 1. The number of piperidine rings is 1. The van der Waals surface area contributed by atoms with Crippen molar-refractivity contribution in [3.63, 3.8) is 0 Å². The number of alkyl carbamates (subject to hydrolysis) is 1. The van der Waals surface area contributed by atoms with Crippen LogP contribution in [0.5, 0.6) is 0 Å². The van der Waals surface area contributed by atoms with Gasteiger partial charge in [-0.2, -0.15) is 0 Å². The molecule has 0 aromatic heterocycles. The molecular formula is C26H30N2O6. The first-order valence-corrected chi connectivity index (χ1v) is 11.6. The van der Waals surface area contributed by atoms with Gasteiger partial charge in [0.1, 0.15) is 6.61 Å². The van der Waals surface area contributed by atoms with Crippen molar-refractivity contribution in [1.29, 1.82) is 0 Å². The van der Waals surface area contributed by atoms with E-state index in [0.29, 0.717) is 19.4 Å². The molecule has 180 valence electrons. The maximum Gasteiger partial charge on any atom is 0.407 e. The summed E-state index contributed by atoms with van der Waals surface area (Å²) in [6.07, 6.45) is -1.05. The van der Waals surface area contributed by atoms with Crippen LogP contribution in [0.4, 0.5) is 4.79 Å². The number of ether oxygens (including phenoxy) is 1. The van der Waals surface area contributed by atoms with Crippen molar-refractivity contribution in [3.8, 4) is 11.1 Å². The Morgan fingerprint density at radius 2 is 1.71 bits per heavy atom. The first-order chi connectivity index (χ1) is 16.3. The van der Waals surface area contributed by atoms with E-state index in [9.17, 15) is 19.5 Å². The second-order valence-corrected chi connectivity index (χ2v) is 9.06. The molecule has 4 rings (SSSR count). The number of likely N-dealkylation sites (tertiary alicyclic amines) is 1. The number of aliphatic carboxylic acids is 1. The maximum atomic E-state index is 12.5. The Morgan fingerprint density at radius 1 is 1.09 bits per heavy atom. The van der Waals surface area contributed by atoms with Crippen LogP contribution in [0.1, 0.15) is 43.2 Å². The van der Waals surface area contributed by atoms with E-state index in [1.54, 1.807) is 4.90 Å². The second kappa shape index (κ2) is 10.3. The number of amides is 2. The number of hydrogen-bond acceptors (Lipinski definition) is 5. The molecular weight excluding hydrogens is 436 g/mol. The predicted molar refractivity (Wildman–Crippen MR) is 125 cm³/mol. The Balaban J connectivity index is 1.24. The maximum absolute atomic E-state index is 12.5. The van der Waals surface area contributed by atoms with Crippen LogP contribution in [0.2, 0.25) is 0 Å². The van der Waals surface area contributed by atoms with Crippen molar-refractivity contribution >= 4 is 18.0 Å². The number of carbonyl (C=O) groups excluding carboxylic acids is 2. The summed E-state index contributed by atoms with van der Waals surface area (Å²) in [7, 11) is 0. The van der Waals surface area contributed by atoms with Gasteiger partial charge in [0.2, 0.25) is 5.91 Å². The zero-order valence-electron chi connectivity index (χ0n) is 19.1. The highest BCUT2D eigenvalue weighted by atomic mass is 16.5. The summed E-state index contributed by atoms with van der Waals surface area (Å²) in [5.74, 6) is -1.59. The number of benzene rings is 2. The summed E-state index contributed by atoms with van der Waals surface area (Å²) >= 11 is 0. The molecule has 8 heteroatoms. The highest BCUT2D eigenvalue weighted by Crippen LogP contribution is 2.44. The normalized spacial score (nSPS) is 20.2. The van der Waals surface area contributed by atoms with E-state index >= 15 is 0 Å². The molecule has 2 aliphatic rings. The topological polar surface area (TPSA) is 116 Å². The Hall–Kier alpha value is -3.39. The van der Waals surface area contributed by atoms with E-state index in [1.807, 2.05) is 43.3 Å². The van der Waals surface area contributed by atoms with Gasteiger partial charge >= 0.3 is 12.1 Å². The van der Waals surface area contributed by atoms with Gasteiger partial charge in [0, 0.05) is 25.0 Å². The third kappa shape index (κ3) is 5.07. The van der Waals surface area contributed by atoms with Crippen LogP contribution < -0.4 is 5.32 Å². The van der Waals surface area contributed by atoms with Crippen LogP contribution in [0.25, 0.3) is 11.1 Å². The van der Waals surface area contributed by atoms with Gasteiger partial charge in [-0.1, -0.05) is 48.5 Å². The van der Waals surface area contributed by atoms with E-state index in [0.717, 1.165) is 22.3 Å². The van der Waals surface area contributed by atoms with Gasteiger partial charge in [-0.25, -0.2) is 4.79 Å². The van der Waals surface area contributed by atoms with Gasteiger partial charge in [-0.05, 0) is 42.0 Å². The van der Waals surface area contributed by atoms with Gasteiger partial charge in [-0.15, -0.1) is 0 Å². The molecule has 3 atom stereocenters. The van der Waals surface area contributed by atoms with Crippen molar-refractivity contribution in [2.24, 2.45) is 5.92 Å². The summed E-state index contributed by atoms with van der Waals surface area (Å²) in [6, 6.07) is 15.9. The van der Waals surface area contributed by atoms with Crippen molar-refractivity contribution in [1.82, 2.24) is 10.2 Å². The number of carboxylic acid groups (broad SMARTS) is 1. The Kier molecular flexibility index (Phi) is 7.17. The molecule has 1 aliphatic heterocycles. The fourth-order valence-corrected chi connectivity index (χ4v) is 5.01. The fraction of sp³-hybridized carbons (Fsp3) is 0.423. The molecule has 1 unspecified atom stereocenters. The lowest BCUT2D eigenvalue weighted by Crippen LogP contribution is -2.47. The van der Waals surface area contributed by atoms with E-state index in [4.69, 9.17) is 9.84 Å². The molecule has 1 heterocycles. The molecule has 1 saturated heterocycles. The first-order valence-electron chi connectivity index (χ1n) is 11.6. The average Bonchev–Trinajstić information content (AvgIpc) is 3.15. The summed E-state index contributed by atoms with van der Waals surface area (Å²) < 4.78 is 5.45. The molecule has 2 aromatic carbocycles. The van der Waals surface area contributed by atoms with E-state index in [2.05, 4.69) is 17.4 Å². The van der Waals surface area contributed by atoms with E-state index in [-0.39, 0.29) is 37.4 Å². The average molecular weight is 467 g/mol. The summed E-state index contributed by atoms with van der Waals surface area (Å²) in [5, 5.41) is 22.0. The number of nitrogens with one attached hydrogen (secondary N) is 1. The lowest BCUT2D eigenvalue weighted by atomic mass is 9.91. The van der Waals surface area contributed by atoms with Gasteiger partial charge < -0.3 is 25.2 Å². The van der Waals surface area contributed by atoms with Crippen LogP contribution in [0, 0.1) is 5.92 Å². The predicted octanol–water partition coefficient (Wildman–Crippen LogP) is 2.99. The zero-order valence-corrected chi connectivity index (χ0v) is 19.1. The standard InChI is InChI=1S/C26H30N2O6/c1-16-12-17(25(31)32)10-11-28(16)24(30)13-18(29)14-27-26(33)34-15-23-21-8-4-2-6-19(21)20-7-3-5-9-22(20)23/h2-9,16-18,23,29H,10-15H2,1H3,(H,27,33)(H,31,32)/t16-,17-,18?/m1/s1. The minimum atomic E-state index is -1.06. The SMILES string of the molecule is C[C@@H]1C[C@H](C(=O)O)CCN1C(=O)CC(O)CNC(=O)OCC1c2ccccc2-c2ccccc21. The van der Waals surface area contributed by atoms with Gasteiger partial charge in [-0.3, -0.25) is 9.59 Å². The number of fused-ring (bicyclic) bond motifs is 3. The van der Waals surface area contributed by atoms with Gasteiger partial charge in [0.25, 0.3) is 0 Å². The van der Waals surface area contributed by atoms with Crippen LogP contribution in [-0.4, -0.2) is 64.9 Å². The highest BCUT2D eigenvalue weighted by Gasteiger charge is 2.33. The number of rotatable bonds is 7. The minimum absolute atomic E-state index is 0.0557. The zero-order chi connectivity index (χ0) is 24.2. The Bertz CT molecular complexity index is 1030. The number of carboxylic acids is 1. The van der Waals surface area contributed by atoms with E-state index < -0.39 is 24.1 Å². The van der Waals surface area contributed by atoms with Crippen molar-refractivity contribution in [2.75, 3.05) is 19.7 Å². The largest absolute Gasteiger partial charge is 0.481 e. The third-order valence-corrected chi connectivity index (χ3v) is 6.78. The Morgan fingerprint density at radius 3 is 2.29 bits per heavy atom. The van der Waals surface area contributed by atoms with Crippen LogP contribution in [-0.2, 0) is 14.3 Å². The molecule has 8 nitrogen and oxygen atoms in total. The van der Waals surface area contributed by atoms with Gasteiger partial charge in [0.05, 0.1) is 18.4 Å². The smallest absolute Gasteiger partial charge is 0.407 e. The number of carbonyl (C=O) groups is 3. The molecule has 0 spiro atoms. The molecule has 0 bridgehead atoms. The second-order valence-electron chi connectivity index (χ2n) is 9.06. The Labute approximate surface area is 198 Å². The third-order valence-electron chi connectivity index (χ3n) is 6.78. The molecule has 0 radical (unpaired) electrons. The fourth-order valence-electron chi connectivity index (χ4n) is 5.01.